The van der Waals surface area contributed by atoms with Crippen LogP contribution < -0.4 is 10.6 Å². The van der Waals surface area contributed by atoms with E-state index >= 15 is 0 Å². The van der Waals surface area contributed by atoms with E-state index in [0.717, 1.165) is 37.3 Å². The Labute approximate surface area is 152 Å². The Balaban J connectivity index is 1.44. The Morgan fingerprint density at radius 3 is 3.12 bits per heavy atom. The summed E-state index contributed by atoms with van der Waals surface area (Å²) in [6.45, 7) is 4.48. The van der Waals surface area contributed by atoms with Gasteiger partial charge in [-0.3, -0.25) is 9.78 Å². The van der Waals surface area contributed by atoms with Crippen LogP contribution in [0.15, 0.2) is 49.1 Å². The molecule has 4 rings (SSSR count). The molecule has 0 spiro atoms. The topological polar surface area (TPSA) is 71.8 Å². The Bertz CT molecular complexity index is 947. The summed E-state index contributed by atoms with van der Waals surface area (Å²) in [5.41, 5.74) is 5.16. The van der Waals surface area contributed by atoms with Crippen LogP contribution in [-0.4, -0.2) is 27.0 Å². The lowest BCUT2D eigenvalue weighted by Crippen LogP contribution is -2.25. The average Bonchev–Trinajstić information content (AvgIpc) is 3.08. The van der Waals surface area contributed by atoms with Crippen molar-refractivity contribution in [3.63, 3.8) is 0 Å². The fourth-order valence-electron chi connectivity index (χ4n) is 3.19. The van der Waals surface area contributed by atoms with Gasteiger partial charge in [0, 0.05) is 25.5 Å². The number of hydrogen-bond donors (Lipinski definition) is 2. The van der Waals surface area contributed by atoms with Gasteiger partial charge in [0.05, 0.1) is 17.6 Å². The first-order chi connectivity index (χ1) is 12.7. The Kier molecular flexibility index (Phi) is 4.50. The van der Waals surface area contributed by atoms with Crippen molar-refractivity contribution in [1.82, 2.24) is 19.9 Å². The molecule has 132 valence electrons. The summed E-state index contributed by atoms with van der Waals surface area (Å²) in [7, 11) is 0. The number of carbonyl (C=O) groups is 1. The van der Waals surface area contributed by atoms with Gasteiger partial charge in [-0.05, 0) is 37.1 Å². The summed E-state index contributed by atoms with van der Waals surface area (Å²) in [5.74, 6) is 0.363. The zero-order valence-electron chi connectivity index (χ0n) is 14.7. The predicted molar refractivity (Wildman–Crippen MR) is 100 cm³/mol. The van der Waals surface area contributed by atoms with Crippen molar-refractivity contribution in [2.75, 3.05) is 11.9 Å². The smallest absolute Gasteiger partial charge is 0.258 e. The molecule has 0 radical (unpaired) electrons. The normalized spacial score (nSPS) is 13.3. The number of nitrogens with zero attached hydrogens (tertiary/aromatic N) is 3. The van der Waals surface area contributed by atoms with E-state index in [1.807, 2.05) is 22.9 Å². The van der Waals surface area contributed by atoms with Crippen LogP contribution in [0.2, 0.25) is 0 Å². The number of amides is 1. The molecule has 0 unspecified atom stereocenters. The van der Waals surface area contributed by atoms with Crippen LogP contribution in [0.25, 0.3) is 0 Å². The van der Waals surface area contributed by atoms with Crippen LogP contribution in [0.5, 0.6) is 0 Å². The van der Waals surface area contributed by atoms with Crippen LogP contribution in [0.4, 0.5) is 5.82 Å². The maximum absolute atomic E-state index is 12.5. The van der Waals surface area contributed by atoms with Crippen molar-refractivity contribution in [2.45, 2.75) is 26.4 Å². The van der Waals surface area contributed by atoms with Gasteiger partial charge < -0.3 is 15.2 Å². The third kappa shape index (κ3) is 3.65. The number of nitrogens with one attached hydrogen (secondary N) is 2. The molecule has 0 saturated heterocycles. The van der Waals surface area contributed by atoms with Gasteiger partial charge >= 0.3 is 0 Å². The van der Waals surface area contributed by atoms with E-state index in [-0.39, 0.29) is 5.91 Å². The zero-order chi connectivity index (χ0) is 17.9. The number of anilines is 1. The predicted octanol–water partition coefficient (Wildman–Crippen LogP) is 2.53. The molecule has 3 aromatic rings. The van der Waals surface area contributed by atoms with Crippen molar-refractivity contribution in [1.29, 1.82) is 0 Å². The van der Waals surface area contributed by atoms with Crippen LogP contribution in [0, 0.1) is 6.92 Å². The number of pyridine rings is 1. The molecule has 1 aliphatic heterocycles. The first kappa shape index (κ1) is 16.5. The third-order valence-electron chi connectivity index (χ3n) is 4.51. The van der Waals surface area contributed by atoms with Gasteiger partial charge in [-0.2, -0.15) is 0 Å². The van der Waals surface area contributed by atoms with Crippen molar-refractivity contribution in [2.24, 2.45) is 0 Å². The summed E-state index contributed by atoms with van der Waals surface area (Å²) in [6, 6.07) is 10.3. The van der Waals surface area contributed by atoms with E-state index in [0.29, 0.717) is 11.4 Å². The van der Waals surface area contributed by atoms with Gasteiger partial charge in [-0.1, -0.05) is 29.8 Å². The van der Waals surface area contributed by atoms with E-state index in [1.165, 1.54) is 11.1 Å². The SMILES string of the molecule is Cc1cccc(Cn2cnc(NC(=O)c3cnc4c(c3)CCNC4)c2)c1. The molecule has 0 fully saturated rings. The van der Waals surface area contributed by atoms with Crippen LogP contribution in [0.3, 0.4) is 0 Å². The Morgan fingerprint density at radius 1 is 1.31 bits per heavy atom. The monoisotopic (exact) mass is 347 g/mol. The summed E-state index contributed by atoms with van der Waals surface area (Å²) in [5, 5.41) is 6.14. The standard InChI is InChI=1S/C20H21N5O/c1-14-3-2-4-15(7-14)11-25-12-19(23-13-25)24-20(26)17-8-16-5-6-21-10-18(16)22-9-17/h2-4,7-9,12-13,21H,5-6,10-11H2,1H3,(H,24,26). The molecular weight excluding hydrogens is 326 g/mol. The first-order valence-electron chi connectivity index (χ1n) is 8.74. The van der Waals surface area contributed by atoms with Crippen molar-refractivity contribution in [3.8, 4) is 0 Å². The molecule has 26 heavy (non-hydrogen) atoms. The number of fused-ring (bicyclic) bond motifs is 1. The molecule has 3 heterocycles. The number of imidazole rings is 1. The molecule has 0 atom stereocenters. The molecule has 0 saturated carbocycles. The van der Waals surface area contributed by atoms with Crippen molar-refractivity contribution >= 4 is 11.7 Å². The van der Waals surface area contributed by atoms with Gasteiger partial charge in [0.15, 0.2) is 5.82 Å². The molecular formula is C20H21N5O. The minimum atomic E-state index is -0.181. The van der Waals surface area contributed by atoms with Gasteiger partial charge in [-0.15, -0.1) is 0 Å². The highest BCUT2D eigenvalue weighted by molar-refractivity contribution is 6.03. The van der Waals surface area contributed by atoms with E-state index in [2.05, 4.69) is 45.7 Å². The van der Waals surface area contributed by atoms with Crippen molar-refractivity contribution in [3.05, 3.63) is 77.0 Å². The Hall–Kier alpha value is -2.99. The number of benzene rings is 1. The second-order valence-corrected chi connectivity index (χ2v) is 6.63. The molecule has 0 aliphatic carbocycles. The lowest BCUT2D eigenvalue weighted by Gasteiger charge is -2.16. The summed E-state index contributed by atoms with van der Waals surface area (Å²) in [4.78, 5) is 21.2. The number of carbonyl (C=O) groups excluding carboxylic acids is 1. The van der Waals surface area contributed by atoms with Crippen LogP contribution >= 0.6 is 0 Å². The first-order valence-corrected chi connectivity index (χ1v) is 8.74. The largest absolute Gasteiger partial charge is 0.331 e. The number of aromatic nitrogens is 3. The molecule has 2 aromatic heterocycles. The van der Waals surface area contributed by atoms with E-state index < -0.39 is 0 Å². The molecule has 6 nitrogen and oxygen atoms in total. The average molecular weight is 347 g/mol. The maximum atomic E-state index is 12.5. The maximum Gasteiger partial charge on any atom is 0.258 e. The Morgan fingerprint density at radius 2 is 2.23 bits per heavy atom. The number of aryl methyl sites for hydroxylation is 1. The fraction of sp³-hybridized carbons (Fsp3) is 0.250. The van der Waals surface area contributed by atoms with Gasteiger partial charge in [0.25, 0.3) is 5.91 Å². The van der Waals surface area contributed by atoms with E-state index in [9.17, 15) is 4.79 Å². The minimum absolute atomic E-state index is 0.181. The lowest BCUT2D eigenvalue weighted by molar-refractivity contribution is 0.102. The highest BCUT2D eigenvalue weighted by atomic mass is 16.1. The molecule has 6 heteroatoms. The van der Waals surface area contributed by atoms with Crippen LogP contribution in [0.1, 0.15) is 32.7 Å². The van der Waals surface area contributed by atoms with Crippen molar-refractivity contribution < 1.29 is 4.79 Å². The summed E-state index contributed by atoms with van der Waals surface area (Å²) >= 11 is 0. The number of hydrogen-bond acceptors (Lipinski definition) is 4. The van der Waals surface area contributed by atoms with E-state index in [1.54, 1.807) is 12.5 Å². The molecule has 1 aliphatic rings. The van der Waals surface area contributed by atoms with Crippen LogP contribution in [-0.2, 0) is 19.5 Å². The molecule has 0 bridgehead atoms. The van der Waals surface area contributed by atoms with Gasteiger partial charge in [0.1, 0.15) is 0 Å². The van der Waals surface area contributed by atoms with Gasteiger partial charge in [0.2, 0.25) is 0 Å². The second kappa shape index (κ2) is 7.09. The summed E-state index contributed by atoms with van der Waals surface area (Å²) in [6.07, 6.45) is 6.10. The quantitative estimate of drug-likeness (QED) is 0.761. The third-order valence-corrected chi connectivity index (χ3v) is 4.51. The molecule has 1 amide bonds. The minimum Gasteiger partial charge on any atom is -0.331 e. The zero-order valence-corrected chi connectivity index (χ0v) is 14.7. The molecule has 2 N–H and O–H groups in total. The molecule has 1 aromatic carbocycles. The second-order valence-electron chi connectivity index (χ2n) is 6.63. The van der Waals surface area contributed by atoms with E-state index in [4.69, 9.17) is 0 Å². The lowest BCUT2D eigenvalue weighted by atomic mass is 10.0. The highest BCUT2D eigenvalue weighted by Crippen LogP contribution is 2.15. The summed E-state index contributed by atoms with van der Waals surface area (Å²) < 4.78 is 1.96. The number of rotatable bonds is 4. The fourth-order valence-corrected chi connectivity index (χ4v) is 3.19. The van der Waals surface area contributed by atoms with Gasteiger partial charge in [-0.25, -0.2) is 4.98 Å². The highest BCUT2D eigenvalue weighted by Gasteiger charge is 2.14.